The first-order valence-corrected chi connectivity index (χ1v) is 13.0. The van der Waals surface area contributed by atoms with Gasteiger partial charge < -0.3 is 0 Å². The number of halogens is 1. The maximum atomic E-state index is 13.2. The van der Waals surface area contributed by atoms with Gasteiger partial charge in [0, 0.05) is 0 Å². The predicted octanol–water partition coefficient (Wildman–Crippen LogP) is 5.41. The molecule has 4 nitrogen and oxygen atoms in total. The molecule has 0 amide bonds. The van der Waals surface area contributed by atoms with Crippen LogP contribution in [-0.2, 0) is 12.6 Å². The van der Waals surface area contributed by atoms with Gasteiger partial charge in [0.15, 0.2) is 0 Å². The van der Waals surface area contributed by atoms with E-state index in [9.17, 15) is 13.5 Å². The van der Waals surface area contributed by atoms with E-state index in [0.717, 1.165) is 7.14 Å². The van der Waals surface area contributed by atoms with Crippen molar-refractivity contribution in [3.8, 4) is 5.75 Å². The maximum absolute atomic E-state index is 13.2. The van der Waals surface area contributed by atoms with Crippen molar-refractivity contribution in [2.45, 2.75) is 4.90 Å². The number of fused-ring (bicyclic) bond motifs is 1. The Morgan fingerprint density at radius 3 is 1.79 bits per heavy atom. The summed E-state index contributed by atoms with van der Waals surface area (Å²) in [6, 6.07) is 28.6. The Labute approximate surface area is 171 Å². The van der Waals surface area contributed by atoms with Crippen molar-refractivity contribution < 1.29 is 16.0 Å². The van der Waals surface area contributed by atoms with Gasteiger partial charge in [0.1, 0.15) is 0 Å². The SMILES string of the molecule is O=S(=O)(OI(c1ccccc1)c1ccccc1)c1cccc2c(O)cccc12. The van der Waals surface area contributed by atoms with Crippen LogP contribution in [0.3, 0.4) is 0 Å². The molecule has 0 heterocycles. The van der Waals surface area contributed by atoms with Gasteiger partial charge in [0.25, 0.3) is 0 Å². The first-order valence-electron chi connectivity index (χ1n) is 8.52. The van der Waals surface area contributed by atoms with Crippen LogP contribution < -0.4 is 0 Å². The average molecular weight is 504 g/mol. The molecule has 0 fully saturated rings. The zero-order valence-electron chi connectivity index (χ0n) is 14.7. The molecule has 0 saturated carbocycles. The standard InChI is InChI=1S/C22H17IO4S/c24-21-15-7-14-20-19(21)13-8-16-22(20)28(25,26)27-23(17-9-3-1-4-10-17)18-11-5-2-6-12-18/h1-16,24H. The third kappa shape index (κ3) is 3.76. The summed E-state index contributed by atoms with van der Waals surface area (Å²) in [7, 11) is -4.04. The van der Waals surface area contributed by atoms with E-state index in [-0.39, 0.29) is 10.6 Å². The molecule has 142 valence electrons. The van der Waals surface area contributed by atoms with Crippen LogP contribution in [-0.4, -0.2) is 13.5 Å². The van der Waals surface area contributed by atoms with Gasteiger partial charge >= 0.3 is 172 Å². The van der Waals surface area contributed by atoms with Gasteiger partial charge in [-0.1, -0.05) is 0 Å². The topological polar surface area (TPSA) is 63.6 Å². The van der Waals surface area contributed by atoms with E-state index >= 15 is 0 Å². The van der Waals surface area contributed by atoms with Crippen LogP contribution in [0.5, 0.6) is 5.75 Å². The van der Waals surface area contributed by atoms with E-state index in [1.54, 1.807) is 24.3 Å². The third-order valence-corrected chi connectivity index (χ3v) is 11.5. The molecule has 4 aromatic carbocycles. The number of benzene rings is 4. The fraction of sp³-hybridized carbons (Fsp3) is 0. The van der Waals surface area contributed by atoms with Crippen molar-refractivity contribution in [1.82, 2.24) is 0 Å². The zero-order chi connectivity index (χ0) is 19.6. The Morgan fingerprint density at radius 1 is 0.643 bits per heavy atom. The number of aromatic hydroxyl groups is 1. The van der Waals surface area contributed by atoms with Crippen LogP contribution in [0.1, 0.15) is 0 Å². The summed E-state index contributed by atoms with van der Waals surface area (Å²) in [6.07, 6.45) is 0. The van der Waals surface area contributed by atoms with Crippen molar-refractivity contribution in [3.63, 3.8) is 0 Å². The van der Waals surface area contributed by atoms with Crippen molar-refractivity contribution >= 4 is 41.1 Å². The van der Waals surface area contributed by atoms with E-state index in [1.807, 2.05) is 60.7 Å². The quantitative estimate of drug-likeness (QED) is 0.369. The second-order valence-corrected chi connectivity index (χ2v) is 12.4. The van der Waals surface area contributed by atoms with Crippen molar-refractivity contribution in [2.24, 2.45) is 0 Å². The summed E-state index contributed by atoms with van der Waals surface area (Å²) < 4.78 is 34.2. The normalized spacial score (nSPS) is 12.1. The summed E-state index contributed by atoms with van der Waals surface area (Å²) in [6.45, 7) is 0. The zero-order valence-corrected chi connectivity index (χ0v) is 17.7. The molecule has 0 radical (unpaired) electrons. The van der Waals surface area contributed by atoms with E-state index < -0.39 is 30.4 Å². The first-order chi connectivity index (χ1) is 13.6. The summed E-state index contributed by atoms with van der Waals surface area (Å²) >= 11 is -2.71. The molecule has 0 atom stereocenters. The fourth-order valence-electron chi connectivity index (χ4n) is 2.86. The molecular weight excluding hydrogens is 487 g/mol. The van der Waals surface area contributed by atoms with Crippen molar-refractivity contribution in [3.05, 3.63) is 104 Å². The van der Waals surface area contributed by atoms with Crippen molar-refractivity contribution in [1.29, 1.82) is 0 Å². The minimum atomic E-state index is -4.04. The van der Waals surface area contributed by atoms with Crippen LogP contribution in [0.25, 0.3) is 10.8 Å². The number of phenolic OH excluding ortho intramolecular Hbond substituents is 1. The Balaban J connectivity index is 1.82. The van der Waals surface area contributed by atoms with Crippen molar-refractivity contribution in [2.75, 3.05) is 0 Å². The van der Waals surface area contributed by atoms with Crippen LogP contribution in [0, 0.1) is 7.14 Å². The summed E-state index contributed by atoms with van der Waals surface area (Å²) in [5, 5.41) is 11.0. The van der Waals surface area contributed by atoms with Crippen LogP contribution in [0.2, 0.25) is 0 Å². The Bertz CT molecular complexity index is 1170. The molecule has 0 saturated heterocycles. The Hall–Kier alpha value is -2.42. The van der Waals surface area contributed by atoms with E-state index in [2.05, 4.69) is 0 Å². The molecule has 4 aromatic rings. The molecule has 0 aliphatic rings. The van der Waals surface area contributed by atoms with Gasteiger partial charge in [0.05, 0.1) is 0 Å². The summed E-state index contributed by atoms with van der Waals surface area (Å²) in [4.78, 5) is 0.0649. The molecule has 0 aliphatic heterocycles. The fourth-order valence-corrected chi connectivity index (χ4v) is 10.0. The van der Waals surface area contributed by atoms with Gasteiger partial charge in [0.2, 0.25) is 0 Å². The molecule has 1 N–H and O–H groups in total. The molecule has 0 aliphatic carbocycles. The molecule has 0 unspecified atom stereocenters. The number of hydrogen-bond acceptors (Lipinski definition) is 4. The second kappa shape index (κ2) is 7.90. The van der Waals surface area contributed by atoms with Crippen LogP contribution in [0.4, 0.5) is 0 Å². The average Bonchev–Trinajstić information content (AvgIpc) is 2.73. The van der Waals surface area contributed by atoms with E-state index in [1.165, 1.54) is 12.1 Å². The van der Waals surface area contributed by atoms with E-state index in [0.29, 0.717) is 10.8 Å². The Morgan fingerprint density at radius 2 is 1.18 bits per heavy atom. The molecular formula is C22H17IO4S. The molecule has 6 heteroatoms. The van der Waals surface area contributed by atoms with Crippen LogP contribution in [0.15, 0.2) is 102 Å². The Kier molecular flexibility index (Phi) is 5.34. The van der Waals surface area contributed by atoms with E-state index in [4.69, 9.17) is 2.51 Å². The molecule has 0 aromatic heterocycles. The first kappa shape index (κ1) is 18.9. The predicted molar refractivity (Wildman–Crippen MR) is 118 cm³/mol. The van der Waals surface area contributed by atoms with Gasteiger partial charge in [-0.05, 0) is 0 Å². The van der Waals surface area contributed by atoms with Crippen LogP contribution >= 0.6 is 20.2 Å². The van der Waals surface area contributed by atoms with Gasteiger partial charge in [-0.3, -0.25) is 0 Å². The molecule has 4 rings (SSSR count). The number of hydrogen-bond donors (Lipinski definition) is 1. The minimum absolute atomic E-state index is 0.0380. The number of phenols is 1. The molecule has 0 spiro atoms. The molecule has 28 heavy (non-hydrogen) atoms. The van der Waals surface area contributed by atoms with Gasteiger partial charge in [-0.15, -0.1) is 0 Å². The molecule has 0 bridgehead atoms. The third-order valence-electron chi connectivity index (χ3n) is 4.14. The van der Waals surface area contributed by atoms with Gasteiger partial charge in [-0.25, -0.2) is 0 Å². The second-order valence-electron chi connectivity index (χ2n) is 5.99. The summed E-state index contributed by atoms with van der Waals surface area (Å²) in [5.41, 5.74) is 0. The van der Waals surface area contributed by atoms with Gasteiger partial charge in [-0.2, -0.15) is 0 Å². The summed E-state index contributed by atoms with van der Waals surface area (Å²) in [5.74, 6) is 0.0380. The number of rotatable bonds is 5. The monoisotopic (exact) mass is 504 g/mol.